The molecule has 5 rings (SSSR count). The van der Waals surface area contributed by atoms with Gasteiger partial charge in [0.1, 0.15) is 24.7 Å². The Morgan fingerprint density at radius 1 is 0.838 bits per heavy atom. The van der Waals surface area contributed by atoms with Crippen molar-refractivity contribution in [3.8, 4) is 11.5 Å². The fraction of sp³-hybridized carbons (Fsp3) is 0.0968. The fourth-order valence-electron chi connectivity index (χ4n) is 3.78. The molecule has 1 aliphatic rings. The Hall–Kier alpha value is -4.16. The average molecular weight is 554 g/mol. The number of carbonyl (C=O) groups is 1. The van der Waals surface area contributed by atoms with Gasteiger partial charge in [-0.2, -0.15) is 0 Å². The highest BCUT2D eigenvalue weighted by molar-refractivity contribution is 9.10. The second-order valence-corrected chi connectivity index (χ2v) is 9.40. The van der Waals surface area contributed by atoms with E-state index in [1.54, 1.807) is 6.08 Å². The normalized spacial score (nSPS) is 13.8. The number of rotatable bonds is 8. The molecule has 0 fully saturated rings. The molecule has 0 saturated carbocycles. The number of benzene rings is 4. The first-order valence-electron chi connectivity index (χ1n) is 11.8. The number of cyclic esters (lactones) is 1. The van der Waals surface area contributed by atoms with Gasteiger partial charge in [0.05, 0.1) is 0 Å². The molecule has 0 N–H and O–H groups in total. The number of carbonyl (C=O) groups excluding carboxylic acids is 1. The maximum atomic E-state index is 12.7. The van der Waals surface area contributed by atoms with E-state index in [4.69, 9.17) is 14.2 Å². The van der Waals surface area contributed by atoms with Crippen LogP contribution in [-0.2, 0) is 22.7 Å². The first kappa shape index (κ1) is 24.5. The van der Waals surface area contributed by atoms with Gasteiger partial charge in [-0.1, -0.05) is 76.6 Å². The standard InChI is InChI=1S/C31H24BrNO4/c1-21-16-25(13-15-27(21)32)30-33-28(31(34)37-30)17-24-12-14-26(35-19-22-8-4-2-5-9-22)18-29(24)36-20-23-10-6-3-7-11-23/h2-18H,19-20H2,1H3/b28-17+. The van der Waals surface area contributed by atoms with Crippen molar-refractivity contribution in [2.75, 3.05) is 0 Å². The number of esters is 1. The number of hydrogen-bond acceptors (Lipinski definition) is 5. The minimum absolute atomic E-state index is 0.207. The van der Waals surface area contributed by atoms with Crippen LogP contribution in [0.5, 0.6) is 11.5 Å². The van der Waals surface area contributed by atoms with Crippen LogP contribution < -0.4 is 9.47 Å². The van der Waals surface area contributed by atoms with E-state index in [9.17, 15) is 4.79 Å². The van der Waals surface area contributed by atoms with E-state index in [2.05, 4.69) is 20.9 Å². The van der Waals surface area contributed by atoms with Crippen LogP contribution in [0, 0.1) is 6.92 Å². The van der Waals surface area contributed by atoms with Gasteiger partial charge in [0.2, 0.25) is 5.90 Å². The van der Waals surface area contributed by atoms with Crippen molar-refractivity contribution in [2.45, 2.75) is 20.1 Å². The number of halogens is 1. The number of aryl methyl sites for hydroxylation is 1. The summed E-state index contributed by atoms with van der Waals surface area (Å²) in [7, 11) is 0. The summed E-state index contributed by atoms with van der Waals surface area (Å²) >= 11 is 3.49. The zero-order chi connectivity index (χ0) is 25.6. The van der Waals surface area contributed by atoms with Crippen molar-refractivity contribution >= 4 is 33.9 Å². The predicted molar refractivity (Wildman–Crippen MR) is 147 cm³/mol. The van der Waals surface area contributed by atoms with Gasteiger partial charge in [0.15, 0.2) is 5.70 Å². The second-order valence-electron chi connectivity index (χ2n) is 8.55. The summed E-state index contributed by atoms with van der Waals surface area (Å²) in [6.45, 7) is 2.78. The van der Waals surface area contributed by atoms with Crippen LogP contribution in [-0.4, -0.2) is 11.9 Å². The van der Waals surface area contributed by atoms with Gasteiger partial charge in [-0.05, 0) is 60.0 Å². The van der Waals surface area contributed by atoms with Crippen LogP contribution in [0.2, 0.25) is 0 Å². The van der Waals surface area contributed by atoms with E-state index in [-0.39, 0.29) is 11.6 Å². The Kier molecular flexibility index (Phi) is 7.47. The lowest BCUT2D eigenvalue weighted by atomic mass is 10.1. The van der Waals surface area contributed by atoms with Gasteiger partial charge in [-0.3, -0.25) is 0 Å². The van der Waals surface area contributed by atoms with E-state index in [1.165, 1.54) is 0 Å². The van der Waals surface area contributed by atoms with E-state index in [0.717, 1.165) is 26.7 Å². The van der Waals surface area contributed by atoms with Gasteiger partial charge in [-0.15, -0.1) is 0 Å². The van der Waals surface area contributed by atoms with Crippen LogP contribution >= 0.6 is 15.9 Å². The SMILES string of the molecule is Cc1cc(C2=N/C(=C/c3ccc(OCc4ccccc4)cc3OCc3ccccc3)C(=O)O2)ccc1Br. The van der Waals surface area contributed by atoms with E-state index in [0.29, 0.717) is 30.3 Å². The highest BCUT2D eigenvalue weighted by Gasteiger charge is 2.25. The molecular formula is C31H24BrNO4. The van der Waals surface area contributed by atoms with Gasteiger partial charge in [-0.25, -0.2) is 9.79 Å². The average Bonchev–Trinajstić information content (AvgIpc) is 3.29. The van der Waals surface area contributed by atoms with Crippen LogP contribution in [0.15, 0.2) is 112 Å². The molecule has 0 unspecified atom stereocenters. The monoisotopic (exact) mass is 553 g/mol. The third kappa shape index (κ3) is 6.16. The molecule has 0 radical (unpaired) electrons. The minimum Gasteiger partial charge on any atom is -0.489 e. The molecule has 1 heterocycles. The molecule has 5 nitrogen and oxygen atoms in total. The molecule has 4 aromatic rings. The summed E-state index contributed by atoms with van der Waals surface area (Å²) in [4.78, 5) is 17.1. The predicted octanol–water partition coefficient (Wildman–Crippen LogP) is 7.26. The summed E-state index contributed by atoms with van der Waals surface area (Å²) in [6.07, 6.45) is 1.68. The summed E-state index contributed by atoms with van der Waals surface area (Å²) in [6, 6.07) is 31.1. The lowest BCUT2D eigenvalue weighted by molar-refractivity contribution is -0.129. The van der Waals surface area contributed by atoms with Crippen molar-refractivity contribution in [2.24, 2.45) is 4.99 Å². The van der Waals surface area contributed by atoms with Crippen molar-refractivity contribution in [1.82, 2.24) is 0 Å². The maximum absolute atomic E-state index is 12.7. The topological polar surface area (TPSA) is 57.1 Å². The molecule has 0 bridgehead atoms. The molecule has 4 aromatic carbocycles. The third-order valence-corrected chi connectivity index (χ3v) is 6.68. The second kappa shape index (κ2) is 11.3. The van der Waals surface area contributed by atoms with E-state index in [1.807, 2.05) is 104 Å². The molecule has 0 atom stereocenters. The molecule has 184 valence electrons. The number of aliphatic imine (C=N–C) groups is 1. The summed E-state index contributed by atoms with van der Waals surface area (Å²) < 4.78 is 18.6. The maximum Gasteiger partial charge on any atom is 0.363 e. The van der Waals surface area contributed by atoms with Gasteiger partial charge < -0.3 is 14.2 Å². The molecular weight excluding hydrogens is 530 g/mol. The lowest BCUT2D eigenvalue weighted by Crippen LogP contribution is -2.05. The fourth-order valence-corrected chi connectivity index (χ4v) is 4.03. The Bertz CT molecular complexity index is 1480. The first-order chi connectivity index (χ1) is 18.0. The minimum atomic E-state index is -0.506. The Morgan fingerprint density at radius 2 is 1.51 bits per heavy atom. The third-order valence-electron chi connectivity index (χ3n) is 5.79. The lowest BCUT2D eigenvalue weighted by Gasteiger charge is -2.13. The molecule has 0 spiro atoms. The first-order valence-corrected chi connectivity index (χ1v) is 12.6. The Balaban J connectivity index is 1.42. The zero-order valence-electron chi connectivity index (χ0n) is 20.2. The van der Waals surface area contributed by atoms with Crippen molar-refractivity contribution < 1.29 is 19.0 Å². The highest BCUT2D eigenvalue weighted by atomic mass is 79.9. The van der Waals surface area contributed by atoms with Crippen LogP contribution in [0.3, 0.4) is 0 Å². The van der Waals surface area contributed by atoms with Gasteiger partial charge >= 0.3 is 5.97 Å². The number of hydrogen-bond donors (Lipinski definition) is 0. The van der Waals surface area contributed by atoms with E-state index >= 15 is 0 Å². The quantitative estimate of drug-likeness (QED) is 0.170. The molecule has 0 aromatic heterocycles. The van der Waals surface area contributed by atoms with Crippen LogP contribution in [0.4, 0.5) is 0 Å². The summed E-state index contributed by atoms with van der Waals surface area (Å²) in [5.41, 5.74) is 4.77. The number of ether oxygens (including phenoxy) is 3. The van der Waals surface area contributed by atoms with Crippen molar-refractivity contribution in [3.63, 3.8) is 0 Å². The molecule has 1 aliphatic heterocycles. The molecule has 0 amide bonds. The van der Waals surface area contributed by atoms with E-state index < -0.39 is 5.97 Å². The van der Waals surface area contributed by atoms with Crippen LogP contribution in [0.1, 0.15) is 27.8 Å². The van der Waals surface area contributed by atoms with Crippen molar-refractivity contribution in [1.29, 1.82) is 0 Å². The largest absolute Gasteiger partial charge is 0.489 e. The molecule has 0 aliphatic carbocycles. The van der Waals surface area contributed by atoms with Crippen LogP contribution in [0.25, 0.3) is 6.08 Å². The van der Waals surface area contributed by atoms with Gasteiger partial charge in [0, 0.05) is 21.7 Å². The van der Waals surface area contributed by atoms with Gasteiger partial charge in [0.25, 0.3) is 0 Å². The molecule has 0 saturated heterocycles. The highest BCUT2D eigenvalue weighted by Crippen LogP contribution is 2.30. The smallest absolute Gasteiger partial charge is 0.363 e. The number of nitrogens with zero attached hydrogens (tertiary/aromatic N) is 1. The van der Waals surface area contributed by atoms with Crippen molar-refractivity contribution in [3.05, 3.63) is 135 Å². The zero-order valence-corrected chi connectivity index (χ0v) is 21.8. The Morgan fingerprint density at radius 3 is 2.19 bits per heavy atom. The molecule has 6 heteroatoms. The summed E-state index contributed by atoms with van der Waals surface area (Å²) in [5.74, 6) is 1.02. The summed E-state index contributed by atoms with van der Waals surface area (Å²) in [5, 5.41) is 0. The Labute approximate surface area is 224 Å². The molecule has 37 heavy (non-hydrogen) atoms.